The number of halogens is 1. The highest BCUT2D eigenvalue weighted by Gasteiger charge is 2.58. The van der Waals surface area contributed by atoms with Crippen molar-refractivity contribution in [1.29, 1.82) is 0 Å². The molecule has 0 spiro atoms. The van der Waals surface area contributed by atoms with Gasteiger partial charge in [0.25, 0.3) is 0 Å². The Hall–Kier alpha value is 0.150. The van der Waals surface area contributed by atoms with Gasteiger partial charge < -0.3 is 0 Å². The minimum absolute atomic E-state index is 0.134. The Morgan fingerprint density at radius 1 is 1.05 bits per heavy atom. The number of hydrogen-bond acceptors (Lipinski definition) is 1. The number of ketones is 1. The number of rotatable bonds is 0. The highest BCUT2D eigenvalue weighted by atomic mass is 79.9. The lowest BCUT2D eigenvalue weighted by molar-refractivity contribution is -0.136. The van der Waals surface area contributed by atoms with Crippen LogP contribution in [0.4, 0.5) is 0 Å². The summed E-state index contributed by atoms with van der Waals surface area (Å²) in [5.41, 5.74) is 1.08. The average Bonchev–Trinajstić information content (AvgIpc) is 2.82. The highest BCUT2D eigenvalue weighted by molar-refractivity contribution is 9.10. The van der Waals surface area contributed by atoms with Crippen molar-refractivity contribution in [2.24, 2.45) is 34.5 Å². The van der Waals surface area contributed by atoms with Gasteiger partial charge in [0.2, 0.25) is 0 Å². The van der Waals surface area contributed by atoms with Crippen LogP contribution in [-0.4, -0.2) is 10.6 Å². The first-order valence-corrected chi connectivity index (χ1v) is 10.0. The molecule has 4 rings (SSSR count). The van der Waals surface area contributed by atoms with Crippen molar-refractivity contribution >= 4 is 21.7 Å². The van der Waals surface area contributed by atoms with Gasteiger partial charge in [0.1, 0.15) is 5.78 Å². The smallest absolute Gasteiger partial charge is 0.146 e. The van der Waals surface area contributed by atoms with Crippen LogP contribution >= 0.6 is 15.9 Å². The molecule has 1 nitrogen and oxygen atoms in total. The second kappa shape index (κ2) is 4.82. The molecule has 0 N–H and O–H groups in total. The van der Waals surface area contributed by atoms with Crippen molar-refractivity contribution in [2.45, 2.75) is 76.5 Å². The van der Waals surface area contributed by atoms with Crippen LogP contribution in [0.15, 0.2) is 0 Å². The average molecular weight is 353 g/mol. The summed E-state index contributed by atoms with van der Waals surface area (Å²) < 4.78 is 0. The topological polar surface area (TPSA) is 17.1 Å². The number of carbonyl (C=O) groups excluding carboxylic acids is 1. The largest absolute Gasteiger partial charge is 0.298 e. The third kappa shape index (κ3) is 2.03. The van der Waals surface area contributed by atoms with Gasteiger partial charge in [-0.25, -0.2) is 0 Å². The molecule has 7 atom stereocenters. The number of fused-ring (bicyclic) bond motifs is 5. The molecular formula is C19H29BrO. The van der Waals surface area contributed by atoms with Crippen molar-refractivity contribution < 1.29 is 4.79 Å². The summed E-state index contributed by atoms with van der Waals surface area (Å²) in [5, 5.41) is 0. The molecule has 0 unspecified atom stereocenters. The molecule has 0 heterocycles. The van der Waals surface area contributed by atoms with Crippen molar-refractivity contribution in [2.75, 3.05) is 0 Å². The van der Waals surface area contributed by atoms with Gasteiger partial charge in [-0.2, -0.15) is 0 Å². The third-order valence-corrected chi connectivity index (χ3v) is 9.10. The first-order valence-electron chi connectivity index (χ1n) is 9.11. The number of Topliss-reactive ketones (excluding diaryl/α,β-unsaturated/α-hetero) is 1. The Kier molecular flexibility index (Phi) is 3.38. The van der Waals surface area contributed by atoms with Crippen molar-refractivity contribution in [1.82, 2.24) is 0 Å². The predicted octanol–water partition coefficient (Wildman–Crippen LogP) is 5.36. The van der Waals surface area contributed by atoms with E-state index in [2.05, 4.69) is 29.8 Å². The Morgan fingerprint density at radius 2 is 1.86 bits per heavy atom. The Labute approximate surface area is 137 Å². The van der Waals surface area contributed by atoms with Crippen LogP contribution in [0.25, 0.3) is 0 Å². The molecule has 0 aromatic heterocycles. The van der Waals surface area contributed by atoms with Crippen LogP contribution in [0.1, 0.15) is 71.6 Å². The molecule has 2 heteroatoms. The summed E-state index contributed by atoms with van der Waals surface area (Å²) in [6.45, 7) is 5.11. The number of alkyl halides is 1. The van der Waals surface area contributed by atoms with Crippen LogP contribution in [-0.2, 0) is 4.79 Å². The molecule has 118 valence electrons. The summed E-state index contributed by atoms with van der Waals surface area (Å²) >= 11 is 3.68. The summed E-state index contributed by atoms with van der Waals surface area (Å²) in [4.78, 5) is 12.3. The zero-order valence-electron chi connectivity index (χ0n) is 13.5. The lowest BCUT2D eigenvalue weighted by Crippen LogP contribution is -2.54. The van der Waals surface area contributed by atoms with E-state index in [0.717, 1.165) is 30.6 Å². The van der Waals surface area contributed by atoms with Gasteiger partial charge in [-0.1, -0.05) is 36.2 Å². The Morgan fingerprint density at radius 3 is 2.67 bits per heavy atom. The van der Waals surface area contributed by atoms with E-state index in [1.807, 2.05) is 0 Å². The second-order valence-corrected chi connectivity index (χ2v) is 10.2. The van der Waals surface area contributed by atoms with E-state index in [-0.39, 0.29) is 4.83 Å². The predicted molar refractivity (Wildman–Crippen MR) is 89.4 cm³/mol. The molecule has 4 saturated carbocycles. The summed E-state index contributed by atoms with van der Waals surface area (Å²) in [6.07, 6.45) is 12.0. The van der Waals surface area contributed by atoms with E-state index < -0.39 is 0 Å². The molecule has 0 saturated heterocycles. The lowest BCUT2D eigenvalue weighted by Gasteiger charge is -2.60. The minimum Gasteiger partial charge on any atom is -0.298 e. The minimum atomic E-state index is 0.134. The van der Waals surface area contributed by atoms with Gasteiger partial charge in [-0.3, -0.25) is 4.79 Å². The first kappa shape index (κ1) is 14.7. The van der Waals surface area contributed by atoms with Gasteiger partial charge in [-0.05, 0) is 79.4 Å². The molecule has 0 radical (unpaired) electrons. The van der Waals surface area contributed by atoms with E-state index in [0.29, 0.717) is 22.5 Å². The van der Waals surface area contributed by atoms with Crippen LogP contribution in [0, 0.1) is 34.5 Å². The third-order valence-electron chi connectivity index (χ3n) is 8.26. The van der Waals surface area contributed by atoms with Gasteiger partial charge in [-0.15, -0.1) is 0 Å². The molecule has 4 aliphatic carbocycles. The van der Waals surface area contributed by atoms with Gasteiger partial charge in [0.15, 0.2) is 0 Å². The Bertz CT molecular complexity index is 460. The number of hydrogen-bond donors (Lipinski definition) is 0. The maximum Gasteiger partial charge on any atom is 0.146 e. The van der Waals surface area contributed by atoms with E-state index >= 15 is 0 Å². The fourth-order valence-corrected chi connectivity index (χ4v) is 7.94. The fraction of sp³-hybridized carbons (Fsp3) is 0.947. The van der Waals surface area contributed by atoms with Crippen LogP contribution in [0.3, 0.4) is 0 Å². The summed E-state index contributed by atoms with van der Waals surface area (Å²) in [6, 6.07) is 0. The lowest BCUT2D eigenvalue weighted by atomic mass is 9.45. The molecule has 4 fully saturated rings. The molecule has 0 amide bonds. The molecule has 0 bridgehead atoms. The first-order chi connectivity index (χ1) is 9.94. The highest BCUT2D eigenvalue weighted by Crippen LogP contribution is 2.66. The summed E-state index contributed by atoms with van der Waals surface area (Å²) in [5.74, 6) is 3.98. The summed E-state index contributed by atoms with van der Waals surface area (Å²) in [7, 11) is 0. The maximum atomic E-state index is 12.1. The van der Waals surface area contributed by atoms with Crippen molar-refractivity contribution in [3.63, 3.8) is 0 Å². The van der Waals surface area contributed by atoms with Gasteiger partial charge in [0, 0.05) is 6.42 Å². The molecule has 21 heavy (non-hydrogen) atoms. The van der Waals surface area contributed by atoms with E-state index in [9.17, 15) is 4.79 Å². The SMILES string of the molecule is C[C@]12CCC[C@@H]1[C@@H]1CC[C@H]3CC(=O)[C@H](Br)C[C@@]3(C)[C@@H]1CC2. The van der Waals surface area contributed by atoms with Crippen molar-refractivity contribution in [3.05, 3.63) is 0 Å². The van der Waals surface area contributed by atoms with E-state index in [1.54, 1.807) is 0 Å². The molecular weight excluding hydrogens is 324 g/mol. The quantitative estimate of drug-likeness (QED) is 0.536. The Balaban J connectivity index is 1.65. The molecule has 0 aliphatic heterocycles. The number of carbonyl (C=O) groups is 1. The van der Waals surface area contributed by atoms with Crippen LogP contribution < -0.4 is 0 Å². The van der Waals surface area contributed by atoms with Crippen molar-refractivity contribution in [3.8, 4) is 0 Å². The maximum absolute atomic E-state index is 12.1. The van der Waals surface area contributed by atoms with E-state index in [4.69, 9.17) is 0 Å². The van der Waals surface area contributed by atoms with Crippen LogP contribution in [0.5, 0.6) is 0 Å². The second-order valence-electron chi connectivity index (χ2n) is 9.08. The monoisotopic (exact) mass is 352 g/mol. The molecule has 4 aliphatic rings. The molecule has 0 aromatic carbocycles. The normalized spacial score (nSPS) is 56.5. The zero-order chi connectivity index (χ0) is 14.8. The standard InChI is InChI=1S/C19H29BrO/c1-18-8-3-4-14(18)13-6-5-12-10-17(21)16(20)11-19(12,2)15(13)7-9-18/h12-16H,3-11H2,1-2H3/t12-,13-,14+,15+,16+,18+,19+/m0/s1. The molecule has 0 aromatic rings. The van der Waals surface area contributed by atoms with Gasteiger partial charge in [0.05, 0.1) is 4.83 Å². The van der Waals surface area contributed by atoms with Gasteiger partial charge >= 0.3 is 0 Å². The van der Waals surface area contributed by atoms with Crippen LogP contribution in [0.2, 0.25) is 0 Å². The zero-order valence-corrected chi connectivity index (χ0v) is 15.1. The van der Waals surface area contributed by atoms with E-state index in [1.165, 1.54) is 44.9 Å². The fourth-order valence-electron chi connectivity index (χ4n) is 7.05.